The van der Waals surface area contributed by atoms with Gasteiger partial charge in [0.25, 0.3) is 0 Å². The maximum atomic E-state index is 11.3. The molecule has 2 rings (SSSR count). The molecule has 88 valence electrons. The molecule has 1 saturated heterocycles. The van der Waals surface area contributed by atoms with Crippen molar-refractivity contribution in [3.05, 3.63) is 10.0 Å². The average Bonchev–Trinajstić information content (AvgIpc) is 2.71. The second-order valence-corrected chi connectivity index (χ2v) is 7.03. The summed E-state index contributed by atoms with van der Waals surface area (Å²) in [5, 5.41) is 17.2. The molecule has 0 bridgehead atoms. The topological polar surface area (TPSA) is 97.2 Å². The second-order valence-electron chi connectivity index (χ2n) is 3.70. The van der Waals surface area contributed by atoms with Crippen LogP contribution >= 0.6 is 11.3 Å². The summed E-state index contributed by atoms with van der Waals surface area (Å²) in [6.07, 6.45) is 0.404. The number of rotatable bonds is 3. The first-order valence-electron chi connectivity index (χ1n) is 4.71. The quantitative estimate of drug-likeness (QED) is 0.827. The SMILES string of the molecule is O=C(O)Cc1nnc(C2CCS(=O)(=O)C2)s1. The van der Waals surface area contributed by atoms with Crippen LogP contribution in [0, 0.1) is 0 Å². The zero-order valence-electron chi connectivity index (χ0n) is 8.29. The summed E-state index contributed by atoms with van der Waals surface area (Å²) in [6, 6.07) is 0. The summed E-state index contributed by atoms with van der Waals surface area (Å²) in [5.41, 5.74) is 0. The largest absolute Gasteiger partial charge is 0.481 e. The molecule has 8 heteroatoms. The normalized spacial score (nSPS) is 23.4. The van der Waals surface area contributed by atoms with E-state index in [9.17, 15) is 13.2 Å². The monoisotopic (exact) mass is 262 g/mol. The Labute approximate surface area is 96.2 Å². The minimum atomic E-state index is -2.93. The van der Waals surface area contributed by atoms with Crippen molar-refractivity contribution in [3.63, 3.8) is 0 Å². The number of sulfone groups is 1. The van der Waals surface area contributed by atoms with Crippen molar-refractivity contribution >= 4 is 27.1 Å². The van der Waals surface area contributed by atoms with Gasteiger partial charge in [-0.15, -0.1) is 21.5 Å². The van der Waals surface area contributed by atoms with Crippen LogP contribution in [-0.4, -0.2) is 41.2 Å². The number of hydrogen-bond donors (Lipinski definition) is 1. The molecule has 1 aromatic heterocycles. The molecule has 1 fully saturated rings. The lowest BCUT2D eigenvalue weighted by Crippen LogP contribution is -2.03. The zero-order valence-corrected chi connectivity index (χ0v) is 9.92. The fraction of sp³-hybridized carbons (Fsp3) is 0.625. The molecule has 1 aliphatic rings. The van der Waals surface area contributed by atoms with Crippen molar-refractivity contribution in [3.8, 4) is 0 Å². The summed E-state index contributed by atoms with van der Waals surface area (Å²) in [7, 11) is -2.93. The van der Waals surface area contributed by atoms with Gasteiger partial charge in [-0.3, -0.25) is 4.79 Å². The van der Waals surface area contributed by atoms with Crippen molar-refractivity contribution in [2.75, 3.05) is 11.5 Å². The lowest BCUT2D eigenvalue weighted by Gasteiger charge is -1.99. The number of nitrogens with zero attached hydrogens (tertiary/aromatic N) is 2. The summed E-state index contributed by atoms with van der Waals surface area (Å²) in [6.45, 7) is 0. The van der Waals surface area contributed by atoms with Crippen LogP contribution in [0.4, 0.5) is 0 Å². The van der Waals surface area contributed by atoms with Gasteiger partial charge in [-0.1, -0.05) is 0 Å². The maximum absolute atomic E-state index is 11.3. The van der Waals surface area contributed by atoms with E-state index in [0.29, 0.717) is 16.4 Å². The maximum Gasteiger partial charge on any atom is 0.310 e. The van der Waals surface area contributed by atoms with Crippen molar-refractivity contribution in [2.24, 2.45) is 0 Å². The molecule has 6 nitrogen and oxygen atoms in total. The molecular formula is C8H10N2O4S2. The van der Waals surface area contributed by atoms with Gasteiger partial charge in [-0.25, -0.2) is 8.42 Å². The Kier molecular flexibility index (Phi) is 2.94. The molecule has 1 unspecified atom stereocenters. The fourth-order valence-electron chi connectivity index (χ4n) is 1.62. The molecule has 1 N–H and O–H groups in total. The number of aromatic nitrogens is 2. The highest BCUT2D eigenvalue weighted by atomic mass is 32.2. The van der Waals surface area contributed by atoms with Crippen LogP contribution in [-0.2, 0) is 21.1 Å². The first kappa shape index (κ1) is 11.5. The Morgan fingerprint density at radius 3 is 2.81 bits per heavy atom. The highest BCUT2D eigenvalue weighted by Gasteiger charge is 2.31. The summed E-state index contributed by atoms with van der Waals surface area (Å²) >= 11 is 1.19. The Morgan fingerprint density at radius 1 is 1.50 bits per heavy atom. The van der Waals surface area contributed by atoms with Crippen molar-refractivity contribution in [1.29, 1.82) is 0 Å². The Balaban J connectivity index is 2.11. The molecule has 1 atom stereocenters. The molecule has 1 aliphatic heterocycles. The summed E-state index contributed by atoms with van der Waals surface area (Å²) in [5.74, 6) is -0.771. The Bertz CT molecular complexity index is 508. The first-order valence-corrected chi connectivity index (χ1v) is 7.34. The van der Waals surface area contributed by atoms with E-state index < -0.39 is 15.8 Å². The van der Waals surface area contributed by atoms with Gasteiger partial charge in [0.1, 0.15) is 10.0 Å². The van der Waals surface area contributed by atoms with E-state index >= 15 is 0 Å². The van der Waals surface area contributed by atoms with Gasteiger partial charge in [-0.05, 0) is 6.42 Å². The molecule has 0 saturated carbocycles. The molecule has 16 heavy (non-hydrogen) atoms. The van der Waals surface area contributed by atoms with Gasteiger partial charge in [0, 0.05) is 5.92 Å². The van der Waals surface area contributed by atoms with E-state index in [4.69, 9.17) is 5.11 Å². The average molecular weight is 262 g/mol. The smallest absolute Gasteiger partial charge is 0.310 e. The standard InChI is InChI=1S/C8H10N2O4S2/c11-7(12)3-6-9-10-8(15-6)5-1-2-16(13,14)4-5/h5H,1-4H2,(H,11,12). The molecule has 1 aromatic rings. The minimum absolute atomic E-state index is 0.106. The molecule has 0 aliphatic carbocycles. The highest BCUT2D eigenvalue weighted by molar-refractivity contribution is 7.91. The van der Waals surface area contributed by atoms with Gasteiger partial charge in [0.15, 0.2) is 9.84 Å². The van der Waals surface area contributed by atoms with Crippen LogP contribution in [0.3, 0.4) is 0 Å². The molecule has 0 aromatic carbocycles. The summed E-state index contributed by atoms with van der Waals surface area (Å²) in [4.78, 5) is 10.4. The van der Waals surface area contributed by atoms with Crippen molar-refractivity contribution < 1.29 is 18.3 Å². The molecule has 0 radical (unpaired) electrons. The van der Waals surface area contributed by atoms with Crippen LogP contribution in [0.25, 0.3) is 0 Å². The second kappa shape index (κ2) is 4.10. The minimum Gasteiger partial charge on any atom is -0.481 e. The molecule has 0 amide bonds. The van der Waals surface area contributed by atoms with E-state index in [2.05, 4.69) is 10.2 Å². The number of hydrogen-bond acceptors (Lipinski definition) is 6. The number of carboxylic acid groups (broad SMARTS) is 1. The molecule has 2 heterocycles. The fourth-order valence-corrected chi connectivity index (χ4v) is 4.44. The predicted molar refractivity (Wildman–Crippen MR) is 57.3 cm³/mol. The number of carboxylic acids is 1. The lowest BCUT2D eigenvalue weighted by molar-refractivity contribution is -0.136. The zero-order chi connectivity index (χ0) is 11.8. The van der Waals surface area contributed by atoms with Crippen LogP contribution in [0.15, 0.2) is 0 Å². The van der Waals surface area contributed by atoms with Crippen molar-refractivity contribution in [2.45, 2.75) is 18.8 Å². The lowest BCUT2D eigenvalue weighted by atomic mass is 10.1. The van der Waals surface area contributed by atoms with Crippen molar-refractivity contribution in [1.82, 2.24) is 10.2 Å². The van der Waals surface area contributed by atoms with Gasteiger partial charge >= 0.3 is 5.97 Å². The Morgan fingerprint density at radius 2 is 2.25 bits per heavy atom. The third-order valence-electron chi connectivity index (χ3n) is 2.37. The molecule has 0 spiro atoms. The van der Waals surface area contributed by atoms with Crippen LogP contribution in [0.5, 0.6) is 0 Å². The number of carbonyl (C=O) groups is 1. The van der Waals surface area contributed by atoms with Gasteiger partial charge in [0.05, 0.1) is 17.9 Å². The first-order chi connectivity index (χ1) is 7.46. The van der Waals surface area contributed by atoms with Gasteiger partial charge in [0.2, 0.25) is 0 Å². The highest BCUT2D eigenvalue weighted by Crippen LogP contribution is 2.30. The van der Waals surface area contributed by atoms with E-state index in [-0.39, 0.29) is 23.8 Å². The van der Waals surface area contributed by atoms with Crippen LogP contribution in [0.2, 0.25) is 0 Å². The van der Waals surface area contributed by atoms with Gasteiger partial charge in [-0.2, -0.15) is 0 Å². The van der Waals surface area contributed by atoms with Crippen LogP contribution in [0.1, 0.15) is 22.4 Å². The van der Waals surface area contributed by atoms with Gasteiger partial charge < -0.3 is 5.11 Å². The predicted octanol–water partition coefficient (Wildman–Crippen LogP) is 0.0673. The summed E-state index contributed by atoms with van der Waals surface area (Å²) < 4.78 is 22.5. The third-order valence-corrected chi connectivity index (χ3v) is 5.22. The number of aliphatic carboxylic acids is 1. The van der Waals surface area contributed by atoms with E-state index in [0.717, 1.165) is 0 Å². The van der Waals surface area contributed by atoms with E-state index in [1.165, 1.54) is 11.3 Å². The molecular weight excluding hydrogens is 252 g/mol. The van der Waals surface area contributed by atoms with E-state index in [1.807, 2.05) is 0 Å². The van der Waals surface area contributed by atoms with Crippen LogP contribution < -0.4 is 0 Å². The van der Waals surface area contributed by atoms with E-state index in [1.54, 1.807) is 0 Å². The third kappa shape index (κ3) is 2.56. The Hall–Kier alpha value is -1.02.